The fraction of sp³-hybridized carbons (Fsp3) is 0.375. The minimum Gasteiger partial charge on any atom is -0.378 e. The molecule has 38 heavy (non-hydrogen) atoms. The minimum atomic E-state index is -1.25. The number of rotatable bonds is 10. The maximum absolute atomic E-state index is 15.1. The third-order valence-electron chi connectivity index (χ3n) is 7.40. The summed E-state index contributed by atoms with van der Waals surface area (Å²) < 4.78 is 80.4. The van der Waals surface area contributed by atoms with Gasteiger partial charge in [-0.2, -0.15) is 0 Å². The molecule has 4 rings (SSSR count). The fourth-order valence-electron chi connectivity index (χ4n) is 5.17. The zero-order valence-corrected chi connectivity index (χ0v) is 21.6. The van der Waals surface area contributed by atoms with Crippen LogP contribution in [0.15, 0.2) is 55.1 Å². The molecule has 2 atom stereocenters. The second-order valence-corrected chi connectivity index (χ2v) is 10.0. The molecule has 1 heterocycles. The van der Waals surface area contributed by atoms with Crippen molar-refractivity contribution in [1.29, 1.82) is 0 Å². The maximum Gasteiger partial charge on any atom is 0.167 e. The zero-order valence-electron chi connectivity index (χ0n) is 21.6. The van der Waals surface area contributed by atoms with Crippen LogP contribution in [0.2, 0.25) is 0 Å². The molecule has 3 aromatic rings. The van der Waals surface area contributed by atoms with Gasteiger partial charge in [0.2, 0.25) is 0 Å². The van der Waals surface area contributed by atoms with Gasteiger partial charge in [0.1, 0.15) is 5.82 Å². The van der Waals surface area contributed by atoms with Crippen molar-refractivity contribution in [1.82, 2.24) is 0 Å². The highest BCUT2D eigenvalue weighted by atomic mass is 19.2. The molecule has 0 saturated carbocycles. The normalized spacial score (nSPS) is 17.5. The molecule has 2 unspecified atom stereocenters. The van der Waals surface area contributed by atoms with E-state index in [-0.39, 0.29) is 47.1 Å². The Balaban J connectivity index is 1.49. The highest BCUT2D eigenvalue weighted by Crippen LogP contribution is 2.36. The van der Waals surface area contributed by atoms with Gasteiger partial charge in [-0.15, -0.1) is 6.58 Å². The van der Waals surface area contributed by atoms with Gasteiger partial charge < -0.3 is 4.74 Å². The van der Waals surface area contributed by atoms with E-state index in [4.69, 9.17) is 4.74 Å². The van der Waals surface area contributed by atoms with E-state index in [9.17, 15) is 8.78 Å². The summed E-state index contributed by atoms with van der Waals surface area (Å²) in [6, 6.07) is 10.2. The SMILES string of the molecule is C=CCCc1ccc(CCc2ccc(-c3ccc(C4CCC(CCC)OC4)c(F)c3F)c(F)c2F)c(F)c1. The first-order valence-electron chi connectivity index (χ1n) is 13.3. The molecular formula is C32H33F5O. The lowest BCUT2D eigenvalue weighted by molar-refractivity contribution is -0.00181. The van der Waals surface area contributed by atoms with Gasteiger partial charge in [0.05, 0.1) is 12.7 Å². The summed E-state index contributed by atoms with van der Waals surface area (Å²) in [6.07, 6.45) is 6.90. The molecule has 1 fully saturated rings. The lowest BCUT2D eigenvalue weighted by Crippen LogP contribution is -2.25. The van der Waals surface area contributed by atoms with Crippen LogP contribution < -0.4 is 0 Å². The number of ether oxygens (including phenoxy) is 1. The Morgan fingerprint density at radius 3 is 2.16 bits per heavy atom. The largest absolute Gasteiger partial charge is 0.378 e. The van der Waals surface area contributed by atoms with Crippen LogP contribution in [0.5, 0.6) is 0 Å². The summed E-state index contributed by atoms with van der Waals surface area (Å²) >= 11 is 0. The first-order chi connectivity index (χ1) is 18.3. The van der Waals surface area contributed by atoms with Crippen LogP contribution in [-0.2, 0) is 24.0 Å². The van der Waals surface area contributed by atoms with Crippen molar-refractivity contribution in [3.05, 3.63) is 106 Å². The third-order valence-corrected chi connectivity index (χ3v) is 7.40. The molecule has 1 saturated heterocycles. The smallest absolute Gasteiger partial charge is 0.167 e. The summed E-state index contributed by atoms with van der Waals surface area (Å²) in [4.78, 5) is 0. The number of hydrogen-bond acceptors (Lipinski definition) is 1. The fourth-order valence-corrected chi connectivity index (χ4v) is 5.17. The van der Waals surface area contributed by atoms with Crippen molar-refractivity contribution in [2.75, 3.05) is 6.61 Å². The van der Waals surface area contributed by atoms with Crippen LogP contribution in [0.3, 0.4) is 0 Å². The van der Waals surface area contributed by atoms with E-state index in [2.05, 4.69) is 13.5 Å². The van der Waals surface area contributed by atoms with Crippen molar-refractivity contribution in [2.24, 2.45) is 0 Å². The molecular weight excluding hydrogens is 495 g/mol. The van der Waals surface area contributed by atoms with Gasteiger partial charge in [-0.25, -0.2) is 22.0 Å². The minimum absolute atomic E-state index is 0.0415. The molecule has 1 aliphatic heterocycles. The summed E-state index contributed by atoms with van der Waals surface area (Å²) in [7, 11) is 0. The van der Waals surface area contributed by atoms with Crippen molar-refractivity contribution >= 4 is 0 Å². The molecule has 0 spiro atoms. The number of hydrogen-bond donors (Lipinski definition) is 0. The predicted molar refractivity (Wildman–Crippen MR) is 141 cm³/mol. The number of allylic oxidation sites excluding steroid dienone is 1. The van der Waals surface area contributed by atoms with Crippen molar-refractivity contribution in [2.45, 2.75) is 70.3 Å². The van der Waals surface area contributed by atoms with Crippen LogP contribution in [0.25, 0.3) is 11.1 Å². The maximum atomic E-state index is 15.1. The molecule has 6 heteroatoms. The molecule has 0 bridgehead atoms. The number of benzene rings is 3. The quantitative estimate of drug-likeness (QED) is 0.188. The molecule has 0 aromatic heterocycles. The number of halogens is 5. The van der Waals surface area contributed by atoms with Gasteiger partial charge in [0.25, 0.3) is 0 Å². The van der Waals surface area contributed by atoms with Crippen LogP contribution in [0.1, 0.15) is 67.2 Å². The Labute approximate surface area is 221 Å². The van der Waals surface area contributed by atoms with Gasteiger partial charge >= 0.3 is 0 Å². The second kappa shape index (κ2) is 12.7. The van der Waals surface area contributed by atoms with E-state index in [1.165, 1.54) is 30.3 Å². The van der Waals surface area contributed by atoms with Crippen LogP contribution in [-0.4, -0.2) is 12.7 Å². The molecule has 3 aromatic carbocycles. The lowest BCUT2D eigenvalue weighted by atomic mass is 9.88. The highest BCUT2D eigenvalue weighted by molar-refractivity contribution is 5.66. The topological polar surface area (TPSA) is 9.23 Å². The summed E-state index contributed by atoms with van der Waals surface area (Å²) in [5, 5.41) is 0. The van der Waals surface area contributed by atoms with E-state index < -0.39 is 29.1 Å². The van der Waals surface area contributed by atoms with Gasteiger partial charge in [-0.05, 0) is 73.3 Å². The first-order valence-corrected chi connectivity index (χ1v) is 13.3. The van der Waals surface area contributed by atoms with E-state index in [1.54, 1.807) is 12.1 Å². The van der Waals surface area contributed by atoms with E-state index in [1.807, 2.05) is 6.07 Å². The third kappa shape index (κ3) is 6.17. The van der Waals surface area contributed by atoms with Crippen molar-refractivity contribution < 1.29 is 26.7 Å². The Hall–Kier alpha value is -2.99. The Bertz CT molecular complexity index is 1280. The Kier molecular flexibility index (Phi) is 9.37. The van der Waals surface area contributed by atoms with Crippen molar-refractivity contribution in [3.8, 4) is 11.1 Å². The van der Waals surface area contributed by atoms with Gasteiger partial charge in [0.15, 0.2) is 23.3 Å². The van der Waals surface area contributed by atoms with Crippen LogP contribution in [0, 0.1) is 29.1 Å². The number of aryl methyl sites for hydroxylation is 3. The van der Waals surface area contributed by atoms with Crippen LogP contribution >= 0.6 is 0 Å². The summed E-state index contributed by atoms with van der Waals surface area (Å²) in [5.41, 5.74) is 0.777. The van der Waals surface area contributed by atoms with Crippen LogP contribution in [0.4, 0.5) is 22.0 Å². The van der Waals surface area contributed by atoms with E-state index >= 15 is 13.2 Å². The monoisotopic (exact) mass is 528 g/mol. The standard InChI is InChI=1S/C32H33F5O/c1-3-5-7-20-8-9-21(28(33)18-20)10-11-22-13-15-26(31(36)29(22)34)27-17-16-25(30(35)32(27)37)23-12-14-24(6-4-2)38-19-23/h3,8-9,13,15-18,23-24H,1,4-7,10-12,14,19H2,2H3. The average molecular weight is 529 g/mol. The lowest BCUT2D eigenvalue weighted by Gasteiger charge is -2.29. The first kappa shape index (κ1) is 28.0. The molecule has 0 amide bonds. The van der Waals surface area contributed by atoms with E-state index in [0.717, 1.165) is 31.2 Å². The average Bonchev–Trinajstić information content (AvgIpc) is 2.92. The summed E-state index contributed by atoms with van der Waals surface area (Å²) in [5.74, 6) is -5.34. The molecule has 1 aliphatic rings. The second-order valence-electron chi connectivity index (χ2n) is 10.0. The molecule has 0 N–H and O–H groups in total. The Morgan fingerprint density at radius 2 is 1.50 bits per heavy atom. The van der Waals surface area contributed by atoms with Gasteiger partial charge in [0, 0.05) is 17.0 Å². The highest BCUT2D eigenvalue weighted by Gasteiger charge is 2.28. The zero-order chi connectivity index (χ0) is 27.2. The molecule has 1 nitrogen and oxygen atoms in total. The van der Waals surface area contributed by atoms with Gasteiger partial charge in [-0.3, -0.25) is 0 Å². The van der Waals surface area contributed by atoms with E-state index in [0.29, 0.717) is 25.0 Å². The summed E-state index contributed by atoms with van der Waals surface area (Å²) in [6.45, 7) is 6.03. The predicted octanol–water partition coefficient (Wildman–Crippen LogP) is 9.02. The molecule has 202 valence electrons. The van der Waals surface area contributed by atoms with Gasteiger partial charge in [-0.1, -0.05) is 55.8 Å². The molecule has 0 aliphatic carbocycles. The Morgan fingerprint density at radius 1 is 0.816 bits per heavy atom. The molecule has 0 radical (unpaired) electrons. The van der Waals surface area contributed by atoms with Crippen molar-refractivity contribution in [3.63, 3.8) is 0 Å².